The molecule has 1 saturated heterocycles. The van der Waals surface area contributed by atoms with Gasteiger partial charge in [-0.3, -0.25) is 5.41 Å². The highest BCUT2D eigenvalue weighted by atomic mass is 16.5. The van der Waals surface area contributed by atoms with E-state index in [1.165, 1.54) is 0 Å². The van der Waals surface area contributed by atoms with Gasteiger partial charge in [-0.1, -0.05) is 0 Å². The lowest BCUT2D eigenvalue weighted by atomic mass is 10.0. The van der Waals surface area contributed by atoms with E-state index < -0.39 is 0 Å². The molecule has 5 nitrogen and oxygen atoms in total. The molecule has 1 aliphatic heterocycles. The Hall–Kier alpha value is -1.75. The molecule has 0 radical (unpaired) electrons. The fourth-order valence-electron chi connectivity index (χ4n) is 2.23. The van der Waals surface area contributed by atoms with Crippen LogP contribution in [0.1, 0.15) is 18.4 Å². The quantitative estimate of drug-likeness (QED) is 0.550. The van der Waals surface area contributed by atoms with E-state index >= 15 is 0 Å². The van der Waals surface area contributed by atoms with E-state index in [0.717, 1.165) is 37.4 Å². The minimum Gasteiger partial charge on any atom is -0.497 e. The molecule has 0 amide bonds. The van der Waals surface area contributed by atoms with E-state index in [-0.39, 0.29) is 11.9 Å². The molecule has 1 heterocycles. The maximum atomic E-state index is 9.53. The summed E-state index contributed by atoms with van der Waals surface area (Å²) in [5.41, 5.74) is 7.23. The summed E-state index contributed by atoms with van der Waals surface area (Å²) in [6, 6.07) is 5.51. The van der Waals surface area contributed by atoms with Crippen LogP contribution in [0, 0.1) is 5.41 Å². The molecule has 5 heteroatoms. The zero-order valence-corrected chi connectivity index (χ0v) is 10.5. The Kier molecular flexibility index (Phi) is 3.72. The number of piperidine rings is 1. The number of rotatable bonds is 3. The molecular formula is C13H19N3O2. The maximum Gasteiger partial charge on any atom is 0.124 e. The summed E-state index contributed by atoms with van der Waals surface area (Å²) in [7, 11) is 1.62. The number of amidine groups is 1. The van der Waals surface area contributed by atoms with Gasteiger partial charge in [0.1, 0.15) is 11.6 Å². The third-order valence-electron chi connectivity index (χ3n) is 3.30. The molecule has 4 N–H and O–H groups in total. The summed E-state index contributed by atoms with van der Waals surface area (Å²) in [5.74, 6) is 0.805. The van der Waals surface area contributed by atoms with Crippen LogP contribution < -0.4 is 15.4 Å². The van der Waals surface area contributed by atoms with Gasteiger partial charge in [0.15, 0.2) is 0 Å². The van der Waals surface area contributed by atoms with Crippen molar-refractivity contribution >= 4 is 11.5 Å². The summed E-state index contributed by atoms with van der Waals surface area (Å²) in [6.07, 6.45) is 1.27. The lowest BCUT2D eigenvalue weighted by Crippen LogP contribution is -2.37. The molecule has 1 aliphatic rings. The second kappa shape index (κ2) is 5.27. The Morgan fingerprint density at radius 2 is 2.11 bits per heavy atom. The van der Waals surface area contributed by atoms with Gasteiger partial charge in [-0.05, 0) is 25.0 Å². The average molecular weight is 249 g/mol. The van der Waals surface area contributed by atoms with Gasteiger partial charge < -0.3 is 20.5 Å². The molecule has 98 valence electrons. The number of nitrogens with one attached hydrogen (secondary N) is 1. The number of nitrogens with zero attached hydrogens (tertiary/aromatic N) is 1. The lowest BCUT2D eigenvalue weighted by Gasteiger charge is -2.32. The molecule has 1 fully saturated rings. The Morgan fingerprint density at radius 3 is 2.67 bits per heavy atom. The molecule has 0 spiro atoms. The molecule has 0 bridgehead atoms. The predicted octanol–water partition coefficient (Wildman–Crippen LogP) is 0.940. The highest BCUT2D eigenvalue weighted by Crippen LogP contribution is 2.28. The summed E-state index contributed by atoms with van der Waals surface area (Å²) >= 11 is 0. The Bertz CT molecular complexity index is 440. The van der Waals surface area contributed by atoms with Crippen molar-refractivity contribution in [2.24, 2.45) is 5.73 Å². The molecule has 18 heavy (non-hydrogen) atoms. The number of anilines is 1. The fourth-order valence-corrected chi connectivity index (χ4v) is 2.23. The number of benzene rings is 1. The number of hydrogen-bond acceptors (Lipinski definition) is 4. The molecule has 2 rings (SSSR count). The van der Waals surface area contributed by atoms with Crippen molar-refractivity contribution in [3.63, 3.8) is 0 Å². The molecular weight excluding hydrogens is 230 g/mol. The lowest BCUT2D eigenvalue weighted by molar-refractivity contribution is 0.145. The average Bonchev–Trinajstić information content (AvgIpc) is 2.38. The van der Waals surface area contributed by atoms with E-state index in [2.05, 4.69) is 4.90 Å². The minimum absolute atomic E-state index is 0.0544. The van der Waals surface area contributed by atoms with Crippen LogP contribution in [0.4, 0.5) is 5.69 Å². The third kappa shape index (κ3) is 2.56. The van der Waals surface area contributed by atoms with Gasteiger partial charge in [0.05, 0.1) is 18.9 Å². The number of ether oxygens (including phenoxy) is 1. The van der Waals surface area contributed by atoms with Crippen LogP contribution in [0.25, 0.3) is 0 Å². The second-order valence-electron chi connectivity index (χ2n) is 4.51. The van der Waals surface area contributed by atoms with Crippen molar-refractivity contribution in [1.29, 1.82) is 5.41 Å². The first-order chi connectivity index (χ1) is 8.61. The number of aliphatic hydroxyl groups excluding tert-OH is 1. The summed E-state index contributed by atoms with van der Waals surface area (Å²) in [5, 5.41) is 17.2. The standard InChI is InChI=1S/C13H19N3O2/c1-18-10-2-3-11(13(14)15)12(8-10)16-6-4-9(17)5-7-16/h2-3,8-9,17H,4-7H2,1H3,(H3,14,15). The second-order valence-corrected chi connectivity index (χ2v) is 4.51. The van der Waals surface area contributed by atoms with Crippen LogP contribution in [-0.2, 0) is 0 Å². The van der Waals surface area contributed by atoms with Crippen LogP contribution >= 0.6 is 0 Å². The third-order valence-corrected chi connectivity index (χ3v) is 3.30. The zero-order valence-electron chi connectivity index (χ0n) is 10.5. The molecule has 0 unspecified atom stereocenters. The van der Waals surface area contributed by atoms with Crippen molar-refractivity contribution < 1.29 is 9.84 Å². The van der Waals surface area contributed by atoms with Crippen molar-refractivity contribution in [2.75, 3.05) is 25.1 Å². The van der Waals surface area contributed by atoms with E-state index in [4.69, 9.17) is 15.9 Å². The zero-order chi connectivity index (χ0) is 13.1. The molecule has 0 aliphatic carbocycles. The fraction of sp³-hybridized carbons (Fsp3) is 0.462. The van der Waals surface area contributed by atoms with Crippen LogP contribution in [0.2, 0.25) is 0 Å². The van der Waals surface area contributed by atoms with Gasteiger partial charge in [0, 0.05) is 24.7 Å². The smallest absolute Gasteiger partial charge is 0.124 e. The molecule has 1 aromatic carbocycles. The normalized spacial score (nSPS) is 16.7. The Morgan fingerprint density at radius 1 is 1.44 bits per heavy atom. The Labute approximate surface area is 107 Å². The molecule has 1 aromatic rings. The SMILES string of the molecule is COc1ccc(C(=N)N)c(N2CCC(O)CC2)c1. The van der Waals surface area contributed by atoms with E-state index in [0.29, 0.717) is 5.56 Å². The number of aliphatic hydroxyl groups is 1. The number of hydrogen-bond donors (Lipinski definition) is 3. The Balaban J connectivity index is 2.31. The van der Waals surface area contributed by atoms with Crippen LogP contribution in [-0.4, -0.2) is 37.2 Å². The van der Waals surface area contributed by atoms with Crippen LogP contribution in [0.5, 0.6) is 5.75 Å². The van der Waals surface area contributed by atoms with Crippen molar-refractivity contribution in [3.05, 3.63) is 23.8 Å². The summed E-state index contributed by atoms with van der Waals surface area (Å²) in [6.45, 7) is 1.54. The van der Waals surface area contributed by atoms with Gasteiger partial charge in [0.25, 0.3) is 0 Å². The van der Waals surface area contributed by atoms with E-state index in [1.807, 2.05) is 12.1 Å². The number of nitrogens with two attached hydrogens (primary N) is 1. The van der Waals surface area contributed by atoms with Gasteiger partial charge in [0.2, 0.25) is 0 Å². The first-order valence-electron chi connectivity index (χ1n) is 6.07. The first kappa shape index (κ1) is 12.7. The first-order valence-corrected chi connectivity index (χ1v) is 6.07. The maximum absolute atomic E-state index is 9.53. The van der Waals surface area contributed by atoms with E-state index in [1.54, 1.807) is 13.2 Å². The summed E-state index contributed by atoms with van der Waals surface area (Å²) in [4.78, 5) is 2.14. The van der Waals surface area contributed by atoms with Gasteiger partial charge in [-0.2, -0.15) is 0 Å². The molecule has 0 atom stereocenters. The van der Waals surface area contributed by atoms with Crippen LogP contribution in [0.3, 0.4) is 0 Å². The van der Waals surface area contributed by atoms with Crippen LogP contribution in [0.15, 0.2) is 18.2 Å². The predicted molar refractivity (Wildman–Crippen MR) is 71.5 cm³/mol. The van der Waals surface area contributed by atoms with Gasteiger partial charge in [-0.15, -0.1) is 0 Å². The topological polar surface area (TPSA) is 82.6 Å². The number of nitrogen functional groups attached to an aromatic ring is 1. The molecule has 0 aromatic heterocycles. The highest BCUT2D eigenvalue weighted by molar-refractivity contribution is 6.00. The highest BCUT2D eigenvalue weighted by Gasteiger charge is 2.20. The van der Waals surface area contributed by atoms with Crippen molar-refractivity contribution in [1.82, 2.24) is 0 Å². The van der Waals surface area contributed by atoms with E-state index in [9.17, 15) is 5.11 Å². The van der Waals surface area contributed by atoms with Crippen molar-refractivity contribution in [3.8, 4) is 5.75 Å². The van der Waals surface area contributed by atoms with Crippen molar-refractivity contribution in [2.45, 2.75) is 18.9 Å². The van der Waals surface area contributed by atoms with Gasteiger partial charge >= 0.3 is 0 Å². The largest absolute Gasteiger partial charge is 0.497 e. The molecule has 0 saturated carbocycles. The minimum atomic E-state index is -0.215. The monoisotopic (exact) mass is 249 g/mol. The number of methoxy groups -OCH3 is 1. The summed E-state index contributed by atoms with van der Waals surface area (Å²) < 4.78 is 5.21. The van der Waals surface area contributed by atoms with Gasteiger partial charge in [-0.25, -0.2) is 0 Å².